The molecule has 1 aromatic heterocycles. The monoisotopic (exact) mass is 257 g/mol. The van der Waals surface area contributed by atoms with E-state index in [-0.39, 0.29) is 12.1 Å². The maximum absolute atomic E-state index is 6.46. The molecule has 0 bridgehead atoms. The standard InChI is InChI=1S/C16H23N3/c1-4-14(15(17)13-8-6-5-7-9-13)19-11-10-18-16(19)12(2)3/h5-12,14-15H,4,17H2,1-3H3. The molecule has 0 saturated heterocycles. The molecule has 1 heterocycles. The molecule has 2 atom stereocenters. The van der Waals surface area contributed by atoms with Gasteiger partial charge in [0.05, 0.1) is 12.1 Å². The van der Waals surface area contributed by atoms with Crippen molar-refractivity contribution in [3.63, 3.8) is 0 Å². The van der Waals surface area contributed by atoms with Gasteiger partial charge in [0.2, 0.25) is 0 Å². The van der Waals surface area contributed by atoms with E-state index < -0.39 is 0 Å². The lowest BCUT2D eigenvalue weighted by Gasteiger charge is -2.27. The first-order valence-corrected chi connectivity index (χ1v) is 6.98. The Balaban J connectivity index is 2.32. The van der Waals surface area contributed by atoms with E-state index in [1.807, 2.05) is 30.6 Å². The molecular weight excluding hydrogens is 234 g/mol. The van der Waals surface area contributed by atoms with Crippen LogP contribution in [0.25, 0.3) is 0 Å². The van der Waals surface area contributed by atoms with Gasteiger partial charge in [0.25, 0.3) is 0 Å². The zero-order valence-corrected chi connectivity index (χ0v) is 12.0. The van der Waals surface area contributed by atoms with Gasteiger partial charge < -0.3 is 10.3 Å². The van der Waals surface area contributed by atoms with Gasteiger partial charge in [-0.3, -0.25) is 0 Å². The maximum Gasteiger partial charge on any atom is 0.111 e. The summed E-state index contributed by atoms with van der Waals surface area (Å²) in [6, 6.07) is 10.5. The van der Waals surface area contributed by atoms with Crippen LogP contribution in [0.15, 0.2) is 42.7 Å². The van der Waals surface area contributed by atoms with E-state index in [4.69, 9.17) is 5.73 Å². The molecule has 0 spiro atoms. The van der Waals surface area contributed by atoms with Crippen LogP contribution in [-0.4, -0.2) is 9.55 Å². The molecule has 0 amide bonds. The van der Waals surface area contributed by atoms with Gasteiger partial charge in [-0.15, -0.1) is 0 Å². The van der Waals surface area contributed by atoms with Gasteiger partial charge in [0, 0.05) is 18.3 Å². The Bertz CT molecular complexity index is 502. The highest BCUT2D eigenvalue weighted by molar-refractivity contribution is 5.20. The first kappa shape index (κ1) is 13.8. The summed E-state index contributed by atoms with van der Waals surface area (Å²) in [6.45, 7) is 6.51. The second-order valence-electron chi connectivity index (χ2n) is 5.26. The topological polar surface area (TPSA) is 43.8 Å². The molecule has 0 saturated carbocycles. The molecule has 3 heteroatoms. The molecule has 3 nitrogen and oxygen atoms in total. The van der Waals surface area contributed by atoms with E-state index in [2.05, 4.69) is 42.5 Å². The smallest absolute Gasteiger partial charge is 0.111 e. The lowest BCUT2D eigenvalue weighted by Crippen LogP contribution is -2.25. The van der Waals surface area contributed by atoms with Crippen molar-refractivity contribution in [3.8, 4) is 0 Å². The zero-order chi connectivity index (χ0) is 13.8. The van der Waals surface area contributed by atoms with Gasteiger partial charge in [-0.25, -0.2) is 4.98 Å². The molecule has 2 unspecified atom stereocenters. The molecule has 2 rings (SSSR count). The predicted molar refractivity (Wildman–Crippen MR) is 79.0 cm³/mol. The van der Waals surface area contributed by atoms with Crippen molar-refractivity contribution in [2.45, 2.75) is 45.2 Å². The van der Waals surface area contributed by atoms with E-state index in [1.165, 1.54) is 5.56 Å². The minimum absolute atomic E-state index is 0.00194. The fourth-order valence-corrected chi connectivity index (χ4v) is 2.57. The van der Waals surface area contributed by atoms with Crippen LogP contribution < -0.4 is 5.73 Å². The molecule has 19 heavy (non-hydrogen) atoms. The highest BCUT2D eigenvalue weighted by atomic mass is 15.1. The van der Waals surface area contributed by atoms with Crippen molar-refractivity contribution in [3.05, 3.63) is 54.1 Å². The molecule has 0 aliphatic carbocycles. The van der Waals surface area contributed by atoms with E-state index in [0.29, 0.717) is 5.92 Å². The second-order valence-corrected chi connectivity index (χ2v) is 5.26. The van der Waals surface area contributed by atoms with E-state index in [0.717, 1.165) is 12.2 Å². The number of rotatable bonds is 5. The van der Waals surface area contributed by atoms with Gasteiger partial charge in [0.1, 0.15) is 5.82 Å². The molecule has 0 fully saturated rings. The molecule has 0 radical (unpaired) electrons. The fraction of sp³-hybridized carbons (Fsp3) is 0.438. The number of benzene rings is 1. The van der Waals surface area contributed by atoms with Gasteiger partial charge in [-0.2, -0.15) is 0 Å². The minimum Gasteiger partial charge on any atom is -0.330 e. The average Bonchev–Trinajstić information content (AvgIpc) is 2.90. The molecule has 2 aromatic rings. The quantitative estimate of drug-likeness (QED) is 0.888. The van der Waals surface area contributed by atoms with E-state index in [9.17, 15) is 0 Å². The van der Waals surface area contributed by atoms with E-state index in [1.54, 1.807) is 0 Å². The van der Waals surface area contributed by atoms with Gasteiger partial charge in [-0.05, 0) is 12.0 Å². The minimum atomic E-state index is -0.00194. The van der Waals surface area contributed by atoms with Gasteiger partial charge in [0.15, 0.2) is 0 Å². The van der Waals surface area contributed by atoms with Crippen molar-refractivity contribution in [2.24, 2.45) is 5.73 Å². The van der Waals surface area contributed by atoms with Crippen LogP contribution in [-0.2, 0) is 0 Å². The Morgan fingerprint density at radius 2 is 1.89 bits per heavy atom. The third-order valence-electron chi connectivity index (χ3n) is 3.59. The Labute approximate surface area is 115 Å². The number of hydrogen-bond donors (Lipinski definition) is 1. The van der Waals surface area contributed by atoms with Gasteiger partial charge in [-0.1, -0.05) is 51.1 Å². The normalized spacial score (nSPS) is 14.6. The number of nitrogens with two attached hydrogens (primary N) is 1. The molecule has 0 aliphatic rings. The summed E-state index contributed by atoms with van der Waals surface area (Å²) in [5, 5.41) is 0. The largest absolute Gasteiger partial charge is 0.330 e. The zero-order valence-electron chi connectivity index (χ0n) is 12.0. The summed E-state index contributed by atoms with van der Waals surface area (Å²) in [5.74, 6) is 1.52. The molecule has 0 aliphatic heterocycles. The molecular formula is C16H23N3. The van der Waals surface area contributed by atoms with Crippen LogP contribution in [0.5, 0.6) is 0 Å². The second kappa shape index (κ2) is 6.02. The molecule has 1 aromatic carbocycles. The van der Waals surface area contributed by atoms with Crippen LogP contribution in [0, 0.1) is 0 Å². The summed E-state index contributed by atoms with van der Waals surface area (Å²) in [7, 11) is 0. The first-order valence-electron chi connectivity index (χ1n) is 6.98. The predicted octanol–water partition coefficient (Wildman–Crippen LogP) is 3.66. The van der Waals surface area contributed by atoms with Crippen molar-refractivity contribution in [2.75, 3.05) is 0 Å². The Hall–Kier alpha value is -1.61. The lowest BCUT2D eigenvalue weighted by atomic mass is 9.97. The van der Waals surface area contributed by atoms with Crippen LogP contribution in [0.1, 0.15) is 56.6 Å². The number of hydrogen-bond acceptors (Lipinski definition) is 2. The van der Waals surface area contributed by atoms with Crippen molar-refractivity contribution in [1.29, 1.82) is 0 Å². The number of imidazole rings is 1. The maximum atomic E-state index is 6.46. The molecule has 2 N–H and O–H groups in total. The number of aromatic nitrogens is 2. The molecule has 102 valence electrons. The lowest BCUT2D eigenvalue weighted by molar-refractivity contribution is 0.389. The highest BCUT2D eigenvalue weighted by Gasteiger charge is 2.22. The van der Waals surface area contributed by atoms with Gasteiger partial charge >= 0.3 is 0 Å². The summed E-state index contributed by atoms with van der Waals surface area (Å²) in [4.78, 5) is 4.47. The third-order valence-corrected chi connectivity index (χ3v) is 3.59. The van der Waals surface area contributed by atoms with Crippen LogP contribution in [0.3, 0.4) is 0 Å². The summed E-state index contributed by atoms with van der Waals surface area (Å²) in [6.07, 6.45) is 4.91. The van der Waals surface area contributed by atoms with Crippen molar-refractivity contribution >= 4 is 0 Å². The Morgan fingerprint density at radius 3 is 2.47 bits per heavy atom. The van der Waals surface area contributed by atoms with Crippen LogP contribution in [0.4, 0.5) is 0 Å². The number of nitrogens with zero attached hydrogens (tertiary/aromatic N) is 2. The summed E-state index contributed by atoms with van der Waals surface area (Å²) >= 11 is 0. The summed E-state index contributed by atoms with van der Waals surface area (Å²) < 4.78 is 2.24. The Morgan fingerprint density at radius 1 is 1.21 bits per heavy atom. The summed E-state index contributed by atoms with van der Waals surface area (Å²) in [5.41, 5.74) is 7.64. The third kappa shape index (κ3) is 2.87. The van der Waals surface area contributed by atoms with Crippen molar-refractivity contribution < 1.29 is 0 Å². The SMILES string of the molecule is CCC(C(N)c1ccccc1)n1ccnc1C(C)C. The first-order chi connectivity index (χ1) is 9.15. The fourth-order valence-electron chi connectivity index (χ4n) is 2.57. The average molecular weight is 257 g/mol. The van der Waals surface area contributed by atoms with E-state index >= 15 is 0 Å². The van der Waals surface area contributed by atoms with Crippen LogP contribution >= 0.6 is 0 Å². The Kier molecular flexibility index (Phi) is 4.38. The van der Waals surface area contributed by atoms with Crippen LogP contribution in [0.2, 0.25) is 0 Å². The van der Waals surface area contributed by atoms with Crippen molar-refractivity contribution in [1.82, 2.24) is 9.55 Å². The highest BCUT2D eigenvalue weighted by Crippen LogP contribution is 2.29.